The quantitative estimate of drug-likeness (QED) is 0.749. The summed E-state index contributed by atoms with van der Waals surface area (Å²) in [7, 11) is 0. The van der Waals surface area contributed by atoms with E-state index in [0.717, 1.165) is 5.69 Å². The number of benzene rings is 2. The summed E-state index contributed by atoms with van der Waals surface area (Å²) in [5.74, 6) is -0.0817. The molecule has 100 valence electrons. The van der Waals surface area contributed by atoms with Crippen molar-refractivity contribution in [3.63, 3.8) is 0 Å². The standard InChI is InChI=1S/C13H11NO.C2H3N3/c15-13(11-7-3-1-4-8-11)14-12-9-5-2-6-10-12;1-2-4-5-3-1/h1-10H,(H,14,15);1-2H,(H,3,4,5). The third kappa shape index (κ3) is 4.38. The second-order valence-electron chi connectivity index (χ2n) is 3.85. The smallest absolute Gasteiger partial charge is 0.255 e. The average molecular weight is 266 g/mol. The van der Waals surface area contributed by atoms with Crippen molar-refractivity contribution in [2.75, 3.05) is 5.32 Å². The Morgan fingerprint density at radius 2 is 1.60 bits per heavy atom. The second kappa shape index (κ2) is 7.48. The van der Waals surface area contributed by atoms with E-state index >= 15 is 0 Å². The first kappa shape index (κ1) is 13.5. The fourth-order valence-corrected chi connectivity index (χ4v) is 1.48. The third-order valence-corrected chi connectivity index (χ3v) is 2.40. The highest BCUT2D eigenvalue weighted by atomic mass is 16.1. The second-order valence-corrected chi connectivity index (χ2v) is 3.85. The van der Waals surface area contributed by atoms with Crippen LogP contribution in [0.15, 0.2) is 73.1 Å². The number of nitrogens with one attached hydrogen (secondary N) is 2. The number of carbonyl (C=O) groups excluding carboxylic acids is 1. The van der Waals surface area contributed by atoms with Gasteiger partial charge in [0.25, 0.3) is 5.91 Å². The van der Waals surface area contributed by atoms with Gasteiger partial charge in [-0.15, -0.1) is 5.10 Å². The minimum atomic E-state index is -0.0817. The van der Waals surface area contributed by atoms with E-state index in [1.165, 1.54) is 0 Å². The number of anilines is 1. The van der Waals surface area contributed by atoms with Crippen molar-refractivity contribution in [1.29, 1.82) is 0 Å². The number of para-hydroxylation sites is 1. The maximum Gasteiger partial charge on any atom is 0.255 e. The highest BCUT2D eigenvalue weighted by Gasteiger charge is 2.03. The van der Waals surface area contributed by atoms with Crippen molar-refractivity contribution in [2.24, 2.45) is 0 Å². The lowest BCUT2D eigenvalue weighted by Gasteiger charge is -2.03. The Morgan fingerprint density at radius 3 is 2.10 bits per heavy atom. The minimum Gasteiger partial charge on any atom is -0.322 e. The van der Waals surface area contributed by atoms with Gasteiger partial charge in [-0.25, -0.2) is 0 Å². The molecule has 0 aliphatic rings. The monoisotopic (exact) mass is 266 g/mol. The van der Waals surface area contributed by atoms with E-state index in [1.807, 2.05) is 48.5 Å². The zero-order valence-electron chi connectivity index (χ0n) is 10.7. The minimum absolute atomic E-state index is 0.0817. The molecule has 0 spiro atoms. The van der Waals surface area contributed by atoms with Crippen LogP contribution in [0.25, 0.3) is 0 Å². The molecule has 0 aliphatic heterocycles. The highest BCUT2D eigenvalue weighted by Crippen LogP contribution is 2.07. The lowest BCUT2D eigenvalue weighted by molar-refractivity contribution is 0.102. The Kier molecular flexibility index (Phi) is 5.04. The van der Waals surface area contributed by atoms with Gasteiger partial charge in [-0.3, -0.25) is 9.89 Å². The van der Waals surface area contributed by atoms with Crippen LogP contribution in [0.1, 0.15) is 10.4 Å². The van der Waals surface area contributed by atoms with E-state index in [-0.39, 0.29) is 5.91 Å². The van der Waals surface area contributed by atoms with Gasteiger partial charge in [-0.05, 0) is 24.3 Å². The zero-order valence-corrected chi connectivity index (χ0v) is 10.7. The van der Waals surface area contributed by atoms with E-state index in [1.54, 1.807) is 24.5 Å². The molecule has 0 atom stereocenters. The summed E-state index contributed by atoms with van der Waals surface area (Å²) in [5, 5.41) is 12.1. The van der Waals surface area contributed by atoms with Crippen LogP contribution < -0.4 is 5.32 Å². The number of hydrogen-bond donors (Lipinski definition) is 2. The van der Waals surface area contributed by atoms with Crippen molar-refractivity contribution < 1.29 is 4.79 Å². The molecule has 3 aromatic rings. The van der Waals surface area contributed by atoms with Gasteiger partial charge < -0.3 is 5.32 Å². The molecule has 5 heteroatoms. The predicted molar refractivity (Wildman–Crippen MR) is 77.2 cm³/mol. The molecule has 2 aromatic carbocycles. The molecular formula is C15H14N4O. The van der Waals surface area contributed by atoms with Crippen LogP contribution in [0.4, 0.5) is 5.69 Å². The van der Waals surface area contributed by atoms with Crippen LogP contribution >= 0.6 is 0 Å². The highest BCUT2D eigenvalue weighted by molar-refractivity contribution is 6.04. The molecule has 3 rings (SSSR count). The normalized spacial score (nSPS) is 9.20. The molecule has 20 heavy (non-hydrogen) atoms. The molecule has 0 saturated carbocycles. The van der Waals surface area contributed by atoms with E-state index in [4.69, 9.17) is 0 Å². The Hall–Kier alpha value is -2.95. The molecule has 1 amide bonds. The third-order valence-electron chi connectivity index (χ3n) is 2.40. The van der Waals surface area contributed by atoms with Crippen LogP contribution in [0.5, 0.6) is 0 Å². The molecule has 0 unspecified atom stereocenters. The maximum atomic E-state index is 11.7. The predicted octanol–water partition coefficient (Wildman–Crippen LogP) is 2.74. The summed E-state index contributed by atoms with van der Waals surface area (Å²) in [6.45, 7) is 0. The van der Waals surface area contributed by atoms with E-state index < -0.39 is 0 Å². The van der Waals surface area contributed by atoms with Gasteiger partial charge >= 0.3 is 0 Å². The molecular weight excluding hydrogens is 252 g/mol. The zero-order chi connectivity index (χ0) is 14.0. The lowest BCUT2D eigenvalue weighted by atomic mass is 10.2. The molecule has 1 heterocycles. The first-order valence-electron chi connectivity index (χ1n) is 6.08. The molecule has 2 N–H and O–H groups in total. The average Bonchev–Trinajstić information content (AvgIpc) is 3.09. The van der Waals surface area contributed by atoms with E-state index in [2.05, 4.69) is 20.7 Å². The Labute approximate surface area is 116 Å². The van der Waals surface area contributed by atoms with Crippen molar-refractivity contribution in [3.8, 4) is 0 Å². The van der Waals surface area contributed by atoms with Crippen molar-refractivity contribution in [1.82, 2.24) is 15.4 Å². The van der Waals surface area contributed by atoms with Gasteiger partial charge in [0.1, 0.15) is 0 Å². The first-order chi connectivity index (χ1) is 9.86. The maximum absolute atomic E-state index is 11.7. The number of carbonyl (C=O) groups is 1. The fourth-order valence-electron chi connectivity index (χ4n) is 1.48. The summed E-state index contributed by atoms with van der Waals surface area (Å²) in [4.78, 5) is 11.7. The van der Waals surface area contributed by atoms with Gasteiger partial charge in [-0.1, -0.05) is 41.6 Å². The van der Waals surface area contributed by atoms with Crippen molar-refractivity contribution in [3.05, 3.63) is 78.6 Å². The van der Waals surface area contributed by atoms with Gasteiger partial charge in [0, 0.05) is 17.4 Å². The largest absolute Gasteiger partial charge is 0.322 e. The number of hydrogen-bond acceptors (Lipinski definition) is 3. The van der Waals surface area contributed by atoms with Gasteiger partial charge in [0.05, 0.1) is 6.20 Å². The number of rotatable bonds is 2. The lowest BCUT2D eigenvalue weighted by Crippen LogP contribution is -2.11. The molecule has 0 fully saturated rings. The van der Waals surface area contributed by atoms with Crippen molar-refractivity contribution >= 4 is 11.6 Å². The summed E-state index contributed by atoms with van der Waals surface area (Å²) in [6.07, 6.45) is 3.24. The topological polar surface area (TPSA) is 70.7 Å². The molecule has 0 aliphatic carbocycles. The Balaban J connectivity index is 0.000000247. The number of nitrogens with zero attached hydrogens (tertiary/aromatic N) is 2. The SMILES string of the molecule is O=C(Nc1ccccc1)c1ccccc1.c1c[nH]nn1. The number of aromatic amines is 1. The summed E-state index contributed by atoms with van der Waals surface area (Å²) < 4.78 is 0. The van der Waals surface area contributed by atoms with Gasteiger partial charge in [-0.2, -0.15) is 0 Å². The van der Waals surface area contributed by atoms with Crippen LogP contribution in [0.2, 0.25) is 0 Å². The first-order valence-corrected chi connectivity index (χ1v) is 6.08. The number of aromatic nitrogens is 3. The van der Waals surface area contributed by atoms with E-state index in [0.29, 0.717) is 5.56 Å². The molecule has 0 bridgehead atoms. The Bertz CT molecular complexity index is 592. The Morgan fingerprint density at radius 1 is 0.950 bits per heavy atom. The van der Waals surface area contributed by atoms with Crippen LogP contribution in [-0.4, -0.2) is 21.3 Å². The number of amides is 1. The molecule has 0 saturated heterocycles. The molecule has 0 radical (unpaired) electrons. The fraction of sp³-hybridized carbons (Fsp3) is 0. The molecule has 5 nitrogen and oxygen atoms in total. The summed E-state index contributed by atoms with van der Waals surface area (Å²) in [6, 6.07) is 18.6. The number of H-pyrrole nitrogens is 1. The van der Waals surface area contributed by atoms with Crippen molar-refractivity contribution in [2.45, 2.75) is 0 Å². The van der Waals surface area contributed by atoms with Crippen LogP contribution in [0.3, 0.4) is 0 Å². The van der Waals surface area contributed by atoms with Gasteiger partial charge in [0.15, 0.2) is 0 Å². The van der Waals surface area contributed by atoms with Gasteiger partial charge in [0.2, 0.25) is 0 Å². The summed E-state index contributed by atoms with van der Waals surface area (Å²) >= 11 is 0. The summed E-state index contributed by atoms with van der Waals surface area (Å²) in [5.41, 5.74) is 1.48. The molecule has 1 aromatic heterocycles. The van der Waals surface area contributed by atoms with E-state index in [9.17, 15) is 4.79 Å². The van der Waals surface area contributed by atoms with Crippen LogP contribution in [-0.2, 0) is 0 Å². The van der Waals surface area contributed by atoms with Crippen LogP contribution in [0, 0.1) is 0 Å².